The van der Waals surface area contributed by atoms with Gasteiger partial charge in [0, 0.05) is 16.9 Å². The fraction of sp³-hybridized carbons (Fsp3) is 0. The fourth-order valence-corrected chi connectivity index (χ4v) is 2.04. The highest BCUT2D eigenvalue weighted by Crippen LogP contribution is 2.22. The third-order valence-electron chi connectivity index (χ3n) is 2.46. The first-order chi connectivity index (χ1) is 9.86. The normalized spacial score (nSPS) is 10.2. The molecular weight excluding hydrogens is 339 g/mol. The van der Waals surface area contributed by atoms with Crippen LogP contribution in [0.2, 0.25) is 15.2 Å². The van der Waals surface area contributed by atoms with Gasteiger partial charge in [0.2, 0.25) is 0 Å². The van der Waals surface area contributed by atoms with Gasteiger partial charge in [-0.1, -0.05) is 34.8 Å². The summed E-state index contributed by atoms with van der Waals surface area (Å²) < 4.78 is 0. The van der Waals surface area contributed by atoms with Crippen molar-refractivity contribution in [3.05, 3.63) is 56.8 Å². The molecule has 2 rings (SSSR count). The molecule has 21 heavy (non-hydrogen) atoms. The number of halogens is 3. The van der Waals surface area contributed by atoms with Gasteiger partial charge in [-0.25, -0.2) is 9.78 Å². The van der Waals surface area contributed by atoms with Crippen molar-refractivity contribution in [2.75, 3.05) is 5.32 Å². The predicted molar refractivity (Wildman–Crippen MR) is 80.6 cm³/mol. The van der Waals surface area contributed by atoms with Crippen LogP contribution < -0.4 is 5.32 Å². The highest BCUT2D eigenvalue weighted by Gasteiger charge is 2.12. The Morgan fingerprint density at radius 2 is 1.76 bits per heavy atom. The second kappa shape index (κ2) is 6.30. The SMILES string of the molecule is O=C(O)c1cc(Cl)cc(NC(=O)c2cnc(Cl)c(Cl)c2)c1. The number of hydrogen-bond acceptors (Lipinski definition) is 3. The lowest BCUT2D eigenvalue weighted by Crippen LogP contribution is -2.13. The molecule has 0 aliphatic heterocycles. The number of hydrogen-bond donors (Lipinski definition) is 2. The number of rotatable bonds is 3. The van der Waals surface area contributed by atoms with E-state index in [0.29, 0.717) is 0 Å². The van der Waals surface area contributed by atoms with Gasteiger partial charge < -0.3 is 10.4 Å². The molecule has 108 valence electrons. The van der Waals surface area contributed by atoms with E-state index in [1.165, 1.54) is 30.5 Å². The van der Waals surface area contributed by atoms with Gasteiger partial charge in [0.05, 0.1) is 16.1 Å². The van der Waals surface area contributed by atoms with Crippen molar-refractivity contribution >= 4 is 52.4 Å². The number of benzene rings is 1. The number of aromatic carboxylic acids is 1. The minimum Gasteiger partial charge on any atom is -0.478 e. The lowest BCUT2D eigenvalue weighted by Gasteiger charge is -2.07. The summed E-state index contributed by atoms with van der Waals surface area (Å²) in [4.78, 5) is 26.7. The minimum absolute atomic E-state index is 0.0370. The van der Waals surface area contributed by atoms with Crippen LogP contribution in [0.25, 0.3) is 0 Å². The molecule has 2 aromatic rings. The smallest absolute Gasteiger partial charge is 0.335 e. The number of amides is 1. The van der Waals surface area contributed by atoms with Crippen molar-refractivity contribution in [3.8, 4) is 0 Å². The van der Waals surface area contributed by atoms with Gasteiger partial charge in [-0.2, -0.15) is 0 Å². The Hall–Kier alpha value is -1.82. The number of carboxylic acid groups (broad SMARTS) is 1. The van der Waals surface area contributed by atoms with Crippen LogP contribution in [0.3, 0.4) is 0 Å². The Kier molecular flexibility index (Phi) is 4.67. The van der Waals surface area contributed by atoms with Crippen molar-refractivity contribution in [3.63, 3.8) is 0 Å². The molecule has 2 N–H and O–H groups in total. The predicted octanol–water partition coefficient (Wildman–Crippen LogP) is 3.99. The molecule has 1 aromatic carbocycles. The molecule has 0 aliphatic rings. The molecule has 0 saturated carbocycles. The van der Waals surface area contributed by atoms with Gasteiger partial charge in [0.1, 0.15) is 5.15 Å². The summed E-state index contributed by atoms with van der Waals surface area (Å²) in [6.45, 7) is 0. The third kappa shape index (κ3) is 3.85. The van der Waals surface area contributed by atoms with Crippen LogP contribution in [0.4, 0.5) is 5.69 Å². The van der Waals surface area contributed by atoms with Crippen LogP contribution >= 0.6 is 34.8 Å². The van der Waals surface area contributed by atoms with Crippen molar-refractivity contribution < 1.29 is 14.7 Å². The molecule has 1 amide bonds. The second-order valence-electron chi connectivity index (χ2n) is 3.98. The molecule has 0 aliphatic carbocycles. The van der Waals surface area contributed by atoms with Crippen molar-refractivity contribution in [2.24, 2.45) is 0 Å². The Labute approximate surface area is 134 Å². The molecule has 8 heteroatoms. The summed E-state index contributed by atoms with van der Waals surface area (Å²) in [5, 5.41) is 11.9. The van der Waals surface area contributed by atoms with Crippen LogP contribution in [0.5, 0.6) is 0 Å². The quantitative estimate of drug-likeness (QED) is 0.824. The minimum atomic E-state index is -1.15. The van der Waals surface area contributed by atoms with Gasteiger partial charge in [0.15, 0.2) is 0 Å². The van der Waals surface area contributed by atoms with E-state index in [1.54, 1.807) is 0 Å². The second-order valence-corrected chi connectivity index (χ2v) is 5.19. The maximum absolute atomic E-state index is 12.0. The van der Waals surface area contributed by atoms with E-state index in [-0.39, 0.29) is 32.0 Å². The Morgan fingerprint density at radius 1 is 1.05 bits per heavy atom. The molecule has 5 nitrogen and oxygen atoms in total. The zero-order chi connectivity index (χ0) is 15.6. The van der Waals surface area contributed by atoms with E-state index >= 15 is 0 Å². The van der Waals surface area contributed by atoms with Gasteiger partial charge in [-0.05, 0) is 24.3 Å². The lowest BCUT2D eigenvalue weighted by molar-refractivity contribution is 0.0696. The topological polar surface area (TPSA) is 79.3 Å². The number of aromatic nitrogens is 1. The molecule has 0 radical (unpaired) electrons. The summed E-state index contributed by atoms with van der Waals surface area (Å²) in [5.74, 6) is -1.66. The molecule has 0 atom stereocenters. The first-order valence-electron chi connectivity index (χ1n) is 5.53. The Balaban J connectivity index is 2.27. The average molecular weight is 346 g/mol. The van der Waals surface area contributed by atoms with E-state index in [1.807, 2.05) is 0 Å². The van der Waals surface area contributed by atoms with Crippen molar-refractivity contribution in [1.82, 2.24) is 4.98 Å². The number of nitrogens with one attached hydrogen (secondary N) is 1. The number of carbonyl (C=O) groups is 2. The molecule has 0 fully saturated rings. The van der Waals surface area contributed by atoms with Crippen LogP contribution in [-0.4, -0.2) is 22.0 Å². The van der Waals surface area contributed by atoms with E-state index in [0.717, 1.165) is 0 Å². The standard InChI is InChI=1S/C13H7Cl3N2O3/c14-8-1-6(13(20)21)2-9(4-8)18-12(19)7-3-10(15)11(16)17-5-7/h1-5H,(H,18,19)(H,20,21). The number of carbonyl (C=O) groups excluding carboxylic acids is 1. The summed E-state index contributed by atoms with van der Waals surface area (Å²) >= 11 is 17.2. The largest absolute Gasteiger partial charge is 0.478 e. The maximum atomic E-state index is 12.0. The molecular formula is C13H7Cl3N2O3. The number of pyridine rings is 1. The first-order valence-corrected chi connectivity index (χ1v) is 6.66. The molecule has 1 aromatic heterocycles. The van der Waals surface area contributed by atoms with Gasteiger partial charge in [-0.3, -0.25) is 4.79 Å². The number of nitrogens with zero attached hydrogens (tertiary/aromatic N) is 1. The van der Waals surface area contributed by atoms with Crippen LogP contribution in [-0.2, 0) is 0 Å². The van der Waals surface area contributed by atoms with Crippen LogP contribution in [0.1, 0.15) is 20.7 Å². The number of carboxylic acids is 1. The van der Waals surface area contributed by atoms with E-state index in [9.17, 15) is 9.59 Å². The Morgan fingerprint density at radius 3 is 2.38 bits per heavy atom. The van der Waals surface area contributed by atoms with Crippen LogP contribution in [0.15, 0.2) is 30.5 Å². The first kappa shape index (κ1) is 15.6. The maximum Gasteiger partial charge on any atom is 0.335 e. The van der Waals surface area contributed by atoms with E-state index in [4.69, 9.17) is 39.9 Å². The third-order valence-corrected chi connectivity index (χ3v) is 3.37. The Bertz CT molecular complexity index is 735. The van der Waals surface area contributed by atoms with E-state index < -0.39 is 11.9 Å². The highest BCUT2D eigenvalue weighted by atomic mass is 35.5. The molecule has 0 spiro atoms. The fourth-order valence-electron chi connectivity index (χ4n) is 1.53. The zero-order valence-electron chi connectivity index (χ0n) is 10.2. The molecule has 0 saturated heterocycles. The summed E-state index contributed by atoms with van der Waals surface area (Å²) in [7, 11) is 0. The highest BCUT2D eigenvalue weighted by molar-refractivity contribution is 6.41. The average Bonchev–Trinajstić information content (AvgIpc) is 2.41. The van der Waals surface area contributed by atoms with Crippen molar-refractivity contribution in [2.45, 2.75) is 0 Å². The van der Waals surface area contributed by atoms with Gasteiger partial charge in [-0.15, -0.1) is 0 Å². The van der Waals surface area contributed by atoms with Gasteiger partial charge in [0.25, 0.3) is 5.91 Å². The summed E-state index contributed by atoms with van der Waals surface area (Å²) in [6, 6.07) is 5.35. The summed E-state index contributed by atoms with van der Waals surface area (Å²) in [5.41, 5.74) is 0.391. The summed E-state index contributed by atoms with van der Waals surface area (Å²) in [6.07, 6.45) is 1.26. The molecule has 0 bridgehead atoms. The zero-order valence-corrected chi connectivity index (χ0v) is 12.5. The lowest BCUT2D eigenvalue weighted by atomic mass is 10.2. The van der Waals surface area contributed by atoms with Crippen LogP contribution in [0, 0.1) is 0 Å². The van der Waals surface area contributed by atoms with E-state index in [2.05, 4.69) is 10.3 Å². The van der Waals surface area contributed by atoms with Crippen molar-refractivity contribution in [1.29, 1.82) is 0 Å². The van der Waals surface area contributed by atoms with Gasteiger partial charge >= 0.3 is 5.97 Å². The monoisotopic (exact) mass is 344 g/mol. The number of anilines is 1. The molecule has 0 unspecified atom stereocenters. The molecule has 1 heterocycles.